The summed E-state index contributed by atoms with van der Waals surface area (Å²) in [6.45, 7) is 4.19. The molecule has 1 saturated heterocycles. The van der Waals surface area contributed by atoms with Gasteiger partial charge in [0.05, 0.1) is 11.0 Å². The van der Waals surface area contributed by atoms with E-state index in [-0.39, 0.29) is 5.92 Å². The number of rotatable bonds is 17. The highest BCUT2D eigenvalue weighted by Gasteiger charge is 2.37. The van der Waals surface area contributed by atoms with Gasteiger partial charge in [0.15, 0.2) is 0 Å². The molecule has 206 valence electrons. The molecule has 1 aromatic heterocycles. The van der Waals surface area contributed by atoms with Crippen LogP contribution in [0.2, 0.25) is 0 Å². The number of hydrogen-bond donors (Lipinski definition) is 0. The van der Waals surface area contributed by atoms with Crippen LogP contribution < -0.4 is 0 Å². The Morgan fingerprint density at radius 3 is 2.03 bits per heavy atom. The van der Waals surface area contributed by atoms with E-state index in [1.165, 1.54) is 128 Å². The first-order valence-electron chi connectivity index (χ1n) is 16.0. The SMILES string of the molecule is CCCCCCCCCCCCCCCCn1c(C2CC(=O)N(C3CCCCC3)C2)nc2ccccc21. The number of carbonyl (C=O) groups excluding carboxylic acids is 1. The Morgan fingerprint density at radius 2 is 1.38 bits per heavy atom. The molecule has 4 rings (SSSR count). The minimum Gasteiger partial charge on any atom is -0.339 e. The molecular weight excluding hydrogens is 454 g/mol. The van der Waals surface area contributed by atoms with Gasteiger partial charge in [-0.25, -0.2) is 4.98 Å². The number of carbonyl (C=O) groups is 1. The molecule has 1 aliphatic heterocycles. The lowest BCUT2D eigenvalue weighted by atomic mass is 9.94. The molecule has 1 atom stereocenters. The summed E-state index contributed by atoms with van der Waals surface area (Å²) < 4.78 is 2.46. The van der Waals surface area contributed by atoms with Crippen molar-refractivity contribution in [3.8, 4) is 0 Å². The summed E-state index contributed by atoms with van der Waals surface area (Å²) in [4.78, 5) is 20.3. The number of unbranched alkanes of at least 4 members (excludes halogenated alkanes) is 13. The van der Waals surface area contributed by atoms with Crippen molar-refractivity contribution in [3.63, 3.8) is 0 Å². The zero-order chi connectivity index (χ0) is 25.7. The second-order valence-electron chi connectivity index (χ2n) is 11.9. The van der Waals surface area contributed by atoms with E-state index in [2.05, 4.69) is 40.7 Å². The highest BCUT2D eigenvalue weighted by atomic mass is 16.2. The molecule has 0 spiro atoms. The predicted octanol–water partition coefficient (Wildman–Crippen LogP) is 9.17. The van der Waals surface area contributed by atoms with Crippen LogP contribution in [0.25, 0.3) is 11.0 Å². The van der Waals surface area contributed by atoms with Crippen molar-refractivity contribution in [1.29, 1.82) is 0 Å². The Bertz CT molecular complexity index is 929. The van der Waals surface area contributed by atoms with Gasteiger partial charge < -0.3 is 9.47 Å². The number of amides is 1. The summed E-state index contributed by atoms with van der Waals surface area (Å²) in [6, 6.07) is 9.03. The quantitative estimate of drug-likeness (QED) is 0.200. The summed E-state index contributed by atoms with van der Waals surface area (Å²) in [5, 5.41) is 0. The minimum absolute atomic E-state index is 0.244. The lowest BCUT2D eigenvalue weighted by Crippen LogP contribution is -2.37. The molecule has 4 nitrogen and oxygen atoms in total. The van der Waals surface area contributed by atoms with Crippen LogP contribution in [0.3, 0.4) is 0 Å². The minimum atomic E-state index is 0.244. The Balaban J connectivity index is 1.19. The zero-order valence-electron chi connectivity index (χ0n) is 23.8. The van der Waals surface area contributed by atoms with Crippen molar-refractivity contribution in [2.45, 2.75) is 154 Å². The summed E-state index contributed by atoms with van der Waals surface area (Å²) >= 11 is 0. The van der Waals surface area contributed by atoms with Gasteiger partial charge in [0.1, 0.15) is 5.82 Å². The number of aromatic nitrogens is 2. The number of hydrogen-bond acceptors (Lipinski definition) is 2. The van der Waals surface area contributed by atoms with Gasteiger partial charge in [0, 0.05) is 31.5 Å². The highest BCUT2D eigenvalue weighted by Crippen LogP contribution is 2.34. The molecule has 0 radical (unpaired) electrons. The lowest BCUT2D eigenvalue weighted by molar-refractivity contribution is -0.130. The molecule has 1 amide bonds. The normalized spacial score (nSPS) is 18.9. The molecular formula is C33H53N3O. The van der Waals surface area contributed by atoms with Crippen LogP contribution in [0, 0.1) is 0 Å². The number of para-hydroxylation sites is 2. The molecule has 2 heterocycles. The number of nitrogens with zero attached hydrogens (tertiary/aromatic N) is 3. The average Bonchev–Trinajstić information content (AvgIpc) is 3.49. The molecule has 37 heavy (non-hydrogen) atoms. The van der Waals surface area contributed by atoms with E-state index in [1.807, 2.05) is 0 Å². The number of imidazole rings is 1. The Kier molecular flexibility index (Phi) is 11.8. The molecule has 1 aromatic carbocycles. The third kappa shape index (κ3) is 8.32. The average molecular weight is 508 g/mol. The first-order valence-corrected chi connectivity index (χ1v) is 16.0. The Hall–Kier alpha value is -1.84. The number of benzene rings is 1. The summed E-state index contributed by atoms with van der Waals surface area (Å²) in [5.41, 5.74) is 2.34. The van der Waals surface area contributed by atoms with Gasteiger partial charge >= 0.3 is 0 Å². The number of likely N-dealkylation sites (tertiary alicyclic amines) is 1. The first kappa shape index (κ1) is 28.2. The third-order valence-corrected chi connectivity index (χ3v) is 8.96. The molecule has 4 heteroatoms. The van der Waals surface area contributed by atoms with Crippen molar-refractivity contribution < 1.29 is 4.79 Å². The van der Waals surface area contributed by atoms with E-state index in [4.69, 9.17) is 4.98 Å². The second-order valence-corrected chi connectivity index (χ2v) is 11.9. The van der Waals surface area contributed by atoms with Crippen molar-refractivity contribution in [2.75, 3.05) is 6.54 Å². The summed E-state index contributed by atoms with van der Waals surface area (Å²) in [6.07, 6.45) is 26.3. The van der Waals surface area contributed by atoms with Gasteiger partial charge in [-0.05, 0) is 31.4 Å². The molecule has 2 aromatic rings. The largest absolute Gasteiger partial charge is 0.339 e. The Morgan fingerprint density at radius 1 is 0.784 bits per heavy atom. The first-order chi connectivity index (χ1) is 18.3. The zero-order valence-corrected chi connectivity index (χ0v) is 23.8. The van der Waals surface area contributed by atoms with Crippen molar-refractivity contribution in [3.05, 3.63) is 30.1 Å². The van der Waals surface area contributed by atoms with Gasteiger partial charge in [-0.2, -0.15) is 0 Å². The topological polar surface area (TPSA) is 38.1 Å². The Labute approximate surface area is 226 Å². The fourth-order valence-corrected chi connectivity index (χ4v) is 6.76. The third-order valence-electron chi connectivity index (χ3n) is 8.96. The van der Waals surface area contributed by atoms with E-state index < -0.39 is 0 Å². The maximum Gasteiger partial charge on any atom is 0.223 e. The van der Waals surface area contributed by atoms with Gasteiger partial charge in [-0.3, -0.25) is 4.79 Å². The highest BCUT2D eigenvalue weighted by molar-refractivity contribution is 5.81. The van der Waals surface area contributed by atoms with E-state index in [1.54, 1.807) is 0 Å². The van der Waals surface area contributed by atoms with Crippen molar-refractivity contribution >= 4 is 16.9 Å². The standard InChI is InChI=1S/C33H53N3O/c1-2-3-4-5-6-7-8-9-10-11-12-13-14-20-25-35-31-24-19-18-23-30(31)34-33(35)28-26-32(37)36(27-28)29-21-16-15-17-22-29/h18-19,23-24,28-29H,2-17,20-22,25-27H2,1H3. The van der Waals surface area contributed by atoms with Gasteiger partial charge in [-0.15, -0.1) is 0 Å². The van der Waals surface area contributed by atoms with E-state index in [0.29, 0.717) is 18.4 Å². The lowest BCUT2D eigenvalue weighted by Gasteiger charge is -2.31. The van der Waals surface area contributed by atoms with Crippen LogP contribution >= 0.6 is 0 Å². The molecule has 0 bridgehead atoms. The summed E-state index contributed by atoms with van der Waals surface area (Å²) in [7, 11) is 0. The van der Waals surface area contributed by atoms with Gasteiger partial charge in [0.25, 0.3) is 0 Å². The van der Waals surface area contributed by atoms with Crippen LogP contribution in [0.1, 0.15) is 147 Å². The van der Waals surface area contributed by atoms with Crippen LogP contribution in [0.4, 0.5) is 0 Å². The fraction of sp³-hybridized carbons (Fsp3) is 0.758. The van der Waals surface area contributed by atoms with E-state index in [9.17, 15) is 4.79 Å². The maximum absolute atomic E-state index is 13.0. The van der Waals surface area contributed by atoms with Crippen LogP contribution in [-0.4, -0.2) is 32.9 Å². The summed E-state index contributed by atoms with van der Waals surface area (Å²) in [5.74, 6) is 1.75. The van der Waals surface area contributed by atoms with Crippen LogP contribution in [-0.2, 0) is 11.3 Å². The van der Waals surface area contributed by atoms with Crippen molar-refractivity contribution in [2.24, 2.45) is 0 Å². The van der Waals surface area contributed by atoms with Crippen LogP contribution in [0.5, 0.6) is 0 Å². The van der Waals surface area contributed by atoms with Gasteiger partial charge in [0.2, 0.25) is 5.91 Å². The predicted molar refractivity (Wildman–Crippen MR) is 156 cm³/mol. The maximum atomic E-state index is 13.0. The number of fused-ring (bicyclic) bond motifs is 1. The molecule has 0 N–H and O–H groups in total. The van der Waals surface area contributed by atoms with E-state index in [0.717, 1.165) is 24.4 Å². The fourth-order valence-electron chi connectivity index (χ4n) is 6.76. The molecule has 1 aliphatic carbocycles. The molecule has 1 unspecified atom stereocenters. The molecule has 2 fully saturated rings. The smallest absolute Gasteiger partial charge is 0.223 e. The molecule has 2 aliphatic rings. The van der Waals surface area contributed by atoms with Crippen molar-refractivity contribution in [1.82, 2.24) is 14.5 Å². The van der Waals surface area contributed by atoms with Gasteiger partial charge in [-0.1, -0.05) is 122 Å². The monoisotopic (exact) mass is 507 g/mol. The molecule has 1 saturated carbocycles. The second kappa shape index (κ2) is 15.5. The number of aryl methyl sites for hydroxylation is 1. The van der Waals surface area contributed by atoms with E-state index >= 15 is 0 Å². The van der Waals surface area contributed by atoms with Crippen LogP contribution in [0.15, 0.2) is 24.3 Å².